The Bertz CT molecular complexity index is 662. The lowest BCUT2D eigenvalue weighted by Gasteiger charge is -2.26. The van der Waals surface area contributed by atoms with E-state index in [0.29, 0.717) is 31.3 Å². The molecule has 118 valence electrons. The number of hydrogen-bond acceptors (Lipinski definition) is 3. The molecular weight excluding hydrogens is 337 g/mol. The van der Waals surface area contributed by atoms with Gasteiger partial charge in [0.05, 0.1) is 5.02 Å². The molecule has 0 unspecified atom stereocenters. The molecule has 0 N–H and O–H groups in total. The van der Waals surface area contributed by atoms with E-state index >= 15 is 0 Å². The predicted molar refractivity (Wildman–Crippen MR) is 91.5 cm³/mol. The van der Waals surface area contributed by atoms with E-state index in [-0.39, 0.29) is 5.04 Å². The van der Waals surface area contributed by atoms with E-state index in [4.69, 9.17) is 32.2 Å². The van der Waals surface area contributed by atoms with Crippen molar-refractivity contribution in [3.8, 4) is 11.3 Å². The topological polar surface area (TPSA) is 35.3 Å². The number of nitrogens with zero attached hydrogens (tertiary/aromatic N) is 1. The Kier molecular flexibility index (Phi) is 5.07. The summed E-state index contributed by atoms with van der Waals surface area (Å²) in [4.78, 5) is 0. The first-order chi connectivity index (χ1) is 10.1. The maximum Gasteiger partial charge on any atom is 0.237 e. The highest BCUT2D eigenvalue weighted by molar-refractivity contribution is 6.36. The normalized spacial score (nSPS) is 12.7. The Labute approximate surface area is 143 Å². The number of rotatable bonds is 4. The van der Waals surface area contributed by atoms with Gasteiger partial charge < -0.3 is 8.95 Å². The summed E-state index contributed by atoms with van der Waals surface area (Å²) in [6, 6.07) is 7.16. The summed E-state index contributed by atoms with van der Waals surface area (Å²) in [7, 11) is 0.359. The molecule has 22 heavy (non-hydrogen) atoms. The van der Waals surface area contributed by atoms with Crippen LogP contribution in [-0.4, -0.2) is 14.9 Å². The van der Waals surface area contributed by atoms with Crippen LogP contribution in [0.25, 0.3) is 11.3 Å². The standard InChI is InChI=1S/C16H19Cl2NO2Si/c1-15(2,3)22-21-16(4,5)14-9-13(19-20-14)11-7-6-10(17)8-12(11)18/h6-9H,1-5H3. The molecule has 0 aliphatic rings. The summed E-state index contributed by atoms with van der Waals surface area (Å²) < 4.78 is 11.5. The van der Waals surface area contributed by atoms with E-state index in [0.717, 1.165) is 5.56 Å². The van der Waals surface area contributed by atoms with E-state index in [1.165, 1.54) is 0 Å². The zero-order valence-corrected chi connectivity index (χ0v) is 15.8. The van der Waals surface area contributed by atoms with E-state index in [1.54, 1.807) is 12.1 Å². The summed E-state index contributed by atoms with van der Waals surface area (Å²) in [5.41, 5.74) is 0.915. The summed E-state index contributed by atoms with van der Waals surface area (Å²) in [5.74, 6) is 0.672. The lowest BCUT2D eigenvalue weighted by Crippen LogP contribution is -2.27. The van der Waals surface area contributed by atoms with E-state index < -0.39 is 5.60 Å². The molecule has 2 aromatic rings. The van der Waals surface area contributed by atoms with Gasteiger partial charge in [0.25, 0.3) is 0 Å². The predicted octanol–water partition coefficient (Wildman–Crippen LogP) is 5.74. The van der Waals surface area contributed by atoms with Crippen LogP contribution < -0.4 is 0 Å². The van der Waals surface area contributed by atoms with Gasteiger partial charge in [-0.3, -0.25) is 0 Å². The second-order valence-electron chi connectivity index (χ2n) is 6.67. The first-order valence-corrected chi connectivity index (χ1v) is 8.63. The summed E-state index contributed by atoms with van der Waals surface area (Å²) in [6.45, 7) is 10.4. The molecule has 0 bridgehead atoms. The molecule has 2 rings (SSSR count). The average Bonchev–Trinajstić information content (AvgIpc) is 2.86. The van der Waals surface area contributed by atoms with Crippen LogP contribution in [0.15, 0.2) is 28.8 Å². The molecule has 0 spiro atoms. The van der Waals surface area contributed by atoms with Gasteiger partial charge in [-0.05, 0) is 37.1 Å². The van der Waals surface area contributed by atoms with Crippen LogP contribution in [0.4, 0.5) is 0 Å². The minimum atomic E-state index is -0.546. The van der Waals surface area contributed by atoms with Crippen LogP contribution in [0, 0.1) is 0 Å². The zero-order valence-electron chi connectivity index (χ0n) is 13.3. The van der Waals surface area contributed by atoms with Crippen LogP contribution in [-0.2, 0) is 10.0 Å². The monoisotopic (exact) mass is 355 g/mol. The van der Waals surface area contributed by atoms with Gasteiger partial charge in [0.1, 0.15) is 11.3 Å². The Balaban J connectivity index is 2.23. The summed E-state index contributed by atoms with van der Waals surface area (Å²) in [5, 5.41) is 5.35. The van der Waals surface area contributed by atoms with Crippen molar-refractivity contribution in [1.29, 1.82) is 0 Å². The minimum absolute atomic E-state index is 0.111. The van der Waals surface area contributed by atoms with Crippen molar-refractivity contribution in [2.75, 3.05) is 0 Å². The lowest BCUT2D eigenvalue weighted by molar-refractivity contribution is 0.0752. The fraction of sp³-hybridized carbons (Fsp3) is 0.438. The highest BCUT2D eigenvalue weighted by Gasteiger charge is 2.29. The number of hydrogen-bond donors (Lipinski definition) is 0. The van der Waals surface area contributed by atoms with Gasteiger partial charge in [-0.2, -0.15) is 0 Å². The van der Waals surface area contributed by atoms with Crippen LogP contribution in [0.5, 0.6) is 0 Å². The minimum Gasteiger partial charge on any atom is -0.405 e. The highest BCUT2D eigenvalue weighted by Crippen LogP contribution is 2.34. The molecule has 0 saturated heterocycles. The van der Waals surface area contributed by atoms with Gasteiger partial charge >= 0.3 is 0 Å². The molecule has 6 heteroatoms. The van der Waals surface area contributed by atoms with Crippen molar-refractivity contribution in [2.24, 2.45) is 0 Å². The largest absolute Gasteiger partial charge is 0.405 e. The van der Waals surface area contributed by atoms with E-state index in [2.05, 4.69) is 25.9 Å². The Morgan fingerprint density at radius 3 is 2.36 bits per heavy atom. The van der Waals surface area contributed by atoms with Gasteiger partial charge in [-0.15, -0.1) is 0 Å². The number of aromatic nitrogens is 1. The van der Waals surface area contributed by atoms with Gasteiger partial charge in [0.2, 0.25) is 9.76 Å². The summed E-state index contributed by atoms with van der Waals surface area (Å²) in [6.07, 6.45) is 0. The smallest absolute Gasteiger partial charge is 0.237 e. The fourth-order valence-corrected chi connectivity index (χ4v) is 2.88. The molecule has 1 heterocycles. The first-order valence-electron chi connectivity index (χ1n) is 6.96. The second kappa shape index (κ2) is 6.36. The molecule has 0 aliphatic carbocycles. The third-order valence-corrected chi connectivity index (χ3v) is 4.70. The van der Waals surface area contributed by atoms with Crippen LogP contribution in [0.3, 0.4) is 0 Å². The molecular formula is C16H19Cl2NO2Si. The van der Waals surface area contributed by atoms with Gasteiger partial charge in [-0.1, -0.05) is 49.1 Å². The van der Waals surface area contributed by atoms with E-state index in [9.17, 15) is 0 Å². The molecule has 0 saturated carbocycles. The SMILES string of the molecule is CC(C)(C)[Si]OC(C)(C)c1cc(-c2ccc(Cl)cc2Cl)no1. The van der Waals surface area contributed by atoms with Crippen LogP contribution >= 0.6 is 23.2 Å². The van der Waals surface area contributed by atoms with Gasteiger partial charge in [-0.25, -0.2) is 0 Å². The summed E-state index contributed by atoms with van der Waals surface area (Å²) >= 11 is 12.1. The molecule has 0 aliphatic heterocycles. The van der Waals surface area contributed by atoms with Gasteiger partial charge in [0, 0.05) is 16.7 Å². The molecule has 3 nitrogen and oxygen atoms in total. The first kappa shape index (κ1) is 17.5. The molecule has 0 amide bonds. The maximum absolute atomic E-state index is 6.21. The Hall–Kier alpha value is -0.813. The van der Waals surface area contributed by atoms with Crippen LogP contribution in [0.2, 0.25) is 15.1 Å². The van der Waals surface area contributed by atoms with Crippen molar-refractivity contribution in [3.05, 3.63) is 40.1 Å². The van der Waals surface area contributed by atoms with Crippen molar-refractivity contribution >= 4 is 33.0 Å². The molecule has 0 atom stereocenters. The number of benzene rings is 1. The lowest BCUT2D eigenvalue weighted by atomic mass is 10.1. The maximum atomic E-state index is 6.21. The van der Waals surface area contributed by atoms with Crippen LogP contribution in [0.1, 0.15) is 40.4 Å². The fourth-order valence-electron chi connectivity index (χ4n) is 1.71. The third-order valence-electron chi connectivity index (χ3n) is 2.92. The molecule has 1 aromatic heterocycles. The number of halogens is 2. The Morgan fingerprint density at radius 1 is 1.09 bits per heavy atom. The van der Waals surface area contributed by atoms with Gasteiger partial charge in [0.15, 0.2) is 5.76 Å². The second-order valence-corrected chi connectivity index (χ2v) is 9.42. The van der Waals surface area contributed by atoms with Crippen molar-refractivity contribution < 1.29 is 8.95 Å². The molecule has 1 aromatic carbocycles. The van der Waals surface area contributed by atoms with E-state index in [1.807, 2.05) is 26.0 Å². The Morgan fingerprint density at radius 2 is 1.77 bits per heavy atom. The molecule has 0 fully saturated rings. The zero-order chi connectivity index (χ0) is 16.5. The van der Waals surface area contributed by atoms with Crippen molar-refractivity contribution in [1.82, 2.24) is 5.16 Å². The van der Waals surface area contributed by atoms with Crippen molar-refractivity contribution in [2.45, 2.75) is 45.3 Å². The highest BCUT2D eigenvalue weighted by atomic mass is 35.5. The quantitative estimate of drug-likeness (QED) is 0.656. The third kappa shape index (κ3) is 4.35. The molecule has 2 radical (unpaired) electrons. The van der Waals surface area contributed by atoms with Crippen molar-refractivity contribution in [3.63, 3.8) is 0 Å². The average molecular weight is 356 g/mol.